The van der Waals surface area contributed by atoms with Crippen molar-refractivity contribution in [1.82, 2.24) is 15.2 Å². The van der Waals surface area contributed by atoms with Crippen LogP contribution in [0.3, 0.4) is 0 Å². The van der Waals surface area contributed by atoms with E-state index in [1.807, 2.05) is 73.7 Å². The van der Waals surface area contributed by atoms with E-state index in [0.717, 1.165) is 27.6 Å². The lowest BCUT2D eigenvalue weighted by atomic mass is 9.98. The fourth-order valence-corrected chi connectivity index (χ4v) is 4.32. The minimum absolute atomic E-state index is 0.120. The fraction of sp³-hybridized carbons (Fsp3) is 0.276. The zero-order valence-corrected chi connectivity index (χ0v) is 21.5. The average molecular weight is 518 g/mol. The lowest BCUT2D eigenvalue weighted by Gasteiger charge is -2.29. The van der Waals surface area contributed by atoms with Gasteiger partial charge >= 0.3 is 0 Å². The summed E-state index contributed by atoms with van der Waals surface area (Å²) in [6, 6.07) is 20.7. The van der Waals surface area contributed by atoms with Crippen molar-refractivity contribution in [3.05, 3.63) is 95.7 Å². The molecule has 0 aliphatic rings. The molecule has 0 radical (unpaired) electrons. The predicted molar refractivity (Wildman–Crippen MR) is 141 cm³/mol. The molecule has 0 bridgehead atoms. The van der Waals surface area contributed by atoms with Gasteiger partial charge in [-0.2, -0.15) is 0 Å². The van der Waals surface area contributed by atoms with Crippen molar-refractivity contribution < 1.29 is 29.0 Å². The van der Waals surface area contributed by atoms with Gasteiger partial charge in [-0.1, -0.05) is 60.7 Å². The summed E-state index contributed by atoms with van der Waals surface area (Å²) in [4.78, 5) is 31.1. The van der Waals surface area contributed by atoms with Gasteiger partial charge in [0.15, 0.2) is 12.2 Å². The number of aliphatic hydroxyl groups is 2. The SMILES string of the molecule is COc1ccccc1Cc1coc(CNC(=O)[C@H](O)C(O)C(=O)N(C)[C@H](C)c2cccc3ccccc23)n1. The van der Waals surface area contributed by atoms with E-state index in [2.05, 4.69) is 10.3 Å². The van der Waals surface area contributed by atoms with E-state index in [0.29, 0.717) is 12.1 Å². The van der Waals surface area contributed by atoms with E-state index < -0.39 is 30.1 Å². The number of nitrogens with zero attached hydrogens (tertiary/aromatic N) is 2. The van der Waals surface area contributed by atoms with E-state index in [1.165, 1.54) is 18.2 Å². The van der Waals surface area contributed by atoms with Crippen LogP contribution in [0.15, 0.2) is 77.4 Å². The van der Waals surface area contributed by atoms with Crippen LogP contribution in [0.5, 0.6) is 5.75 Å². The topological polar surface area (TPSA) is 125 Å². The number of aromatic nitrogens is 1. The molecule has 198 valence electrons. The van der Waals surface area contributed by atoms with Gasteiger partial charge in [-0.05, 0) is 29.3 Å². The molecule has 9 heteroatoms. The molecule has 4 rings (SSSR count). The molecule has 1 heterocycles. The van der Waals surface area contributed by atoms with Gasteiger partial charge in [0.25, 0.3) is 11.8 Å². The molecule has 3 aromatic carbocycles. The van der Waals surface area contributed by atoms with Crippen LogP contribution in [0, 0.1) is 0 Å². The van der Waals surface area contributed by atoms with Crippen LogP contribution in [-0.4, -0.2) is 58.3 Å². The Balaban J connectivity index is 1.34. The van der Waals surface area contributed by atoms with Crippen LogP contribution in [0.1, 0.15) is 35.7 Å². The molecular weight excluding hydrogens is 486 g/mol. The number of oxazole rings is 1. The molecule has 0 fully saturated rings. The predicted octanol–water partition coefficient (Wildman–Crippen LogP) is 2.98. The number of carbonyl (C=O) groups excluding carboxylic acids is 2. The summed E-state index contributed by atoms with van der Waals surface area (Å²) >= 11 is 0. The zero-order valence-electron chi connectivity index (χ0n) is 21.5. The number of fused-ring (bicyclic) bond motifs is 1. The van der Waals surface area contributed by atoms with Gasteiger partial charge in [0, 0.05) is 19.0 Å². The van der Waals surface area contributed by atoms with Crippen molar-refractivity contribution in [2.75, 3.05) is 14.2 Å². The molecule has 4 aromatic rings. The second-order valence-corrected chi connectivity index (χ2v) is 9.02. The lowest BCUT2D eigenvalue weighted by Crippen LogP contribution is -2.50. The summed E-state index contributed by atoms with van der Waals surface area (Å²) in [6.45, 7) is 1.70. The molecule has 0 aliphatic heterocycles. The third-order valence-corrected chi connectivity index (χ3v) is 6.60. The van der Waals surface area contributed by atoms with Gasteiger partial charge in [-0.3, -0.25) is 9.59 Å². The number of ether oxygens (including phenoxy) is 1. The van der Waals surface area contributed by atoms with Crippen LogP contribution < -0.4 is 10.1 Å². The Hall–Kier alpha value is -4.21. The molecule has 0 spiro atoms. The van der Waals surface area contributed by atoms with Crippen LogP contribution in [-0.2, 0) is 22.6 Å². The summed E-state index contributed by atoms with van der Waals surface area (Å²) < 4.78 is 10.8. The standard InChI is InChI=1S/C29H31N3O6/c1-18(22-13-8-11-19-9-4-6-12-23(19)22)32(2)29(36)27(34)26(33)28(35)30-16-25-31-21(17-38-25)15-20-10-5-7-14-24(20)37-3/h4-14,17-18,26-27,33-34H,15-16H2,1-3H3,(H,30,35)/t18-,26-,27?/m1/s1. The van der Waals surface area contributed by atoms with Crippen molar-refractivity contribution in [2.24, 2.45) is 0 Å². The van der Waals surface area contributed by atoms with Gasteiger partial charge in [0.1, 0.15) is 12.0 Å². The molecule has 0 saturated heterocycles. The van der Waals surface area contributed by atoms with Crippen molar-refractivity contribution in [2.45, 2.75) is 38.1 Å². The zero-order chi connectivity index (χ0) is 27.2. The average Bonchev–Trinajstić information content (AvgIpc) is 3.41. The highest BCUT2D eigenvalue weighted by Crippen LogP contribution is 2.28. The maximum Gasteiger partial charge on any atom is 0.254 e. The molecule has 3 atom stereocenters. The summed E-state index contributed by atoms with van der Waals surface area (Å²) in [5.41, 5.74) is 2.45. The highest BCUT2D eigenvalue weighted by atomic mass is 16.5. The van der Waals surface area contributed by atoms with E-state index in [9.17, 15) is 19.8 Å². The highest BCUT2D eigenvalue weighted by Gasteiger charge is 2.34. The van der Waals surface area contributed by atoms with E-state index in [4.69, 9.17) is 9.15 Å². The Labute approximate surface area is 220 Å². The molecule has 38 heavy (non-hydrogen) atoms. The maximum atomic E-state index is 12.9. The monoisotopic (exact) mass is 517 g/mol. The number of hydrogen-bond donors (Lipinski definition) is 3. The molecule has 1 aromatic heterocycles. The van der Waals surface area contributed by atoms with E-state index in [-0.39, 0.29) is 12.4 Å². The summed E-state index contributed by atoms with van der Waals surface area (Å²) in [5.74, 6) is -0.741. The summed E-state index contributed by atoms with van der Waals surface area (Å²) in [7, 11) is 3.12. The highest BCUT2D eigenvalue weighted by molar-refractivity contribution is 5.91. The van der Waals surface area contributed by atoms with Crippen LogP contribution >= 0.6 is 0 Å². The Kier molecular flexibility index (Phi) is 8.40. The Morgan fingerprint density at radius 2 is 1.74 bits per heavy atom. The summed E-state index contributed by atoms with van der Waals surface area (Å²) in [6.07, 6.45) is -1.96. The molecule has 2 amide bonds. The van der Waals surface area contributed by atoms with Gasteiger partial charge in [-0.15, -0.1) is 0 Å². The fourth-order valence-electron chi connectivity index (χ4n) is 4.32. The largest absolute Gasteiger partial charge is 0.496 e. The van der Waals surface area contributed by atoms with Gasteiger partial charge in [0.05, 0.1) is 25.4 Å². The minimum Gasteiger partial charge on any atom is -0.496 e. The Morgan fingerprint density at radius 1 is 1.03 bits per heavy atom. The molecule has 0 aliphatic carbocycles. The first kappa shape index (κ1) is 26.8. The first-order valence-corrected chi connectivity index (χ1v) is 12.2. The van der Waals surface area contributed by atoms with Gasteiger partial charge < -0.3 is 29.6 Å². The lowest BCUT2D eigenvalue weighted by molar-refractivity contribution is -0.153. The van der Waals surface area contributed by atoms with Gasteiger partial charge in [0.2, 0.25) is 5.89 Å². The Morgan fingerprint density at radius 3 is 2.53 bits per heavy atom. The first-order chi connectivity index (χ1) is 18.3. The molecule has 1 unspecified atom stereocenters. The maximum absolute atomic E-state index is 12.9. The second-order valence-electron chi connectivity index (χ2n) is 9.02. The molecule has 3 N–H and O–H groups in total. The normalized spacial score (nSPS) is 13.5. The number of amides is 2. The molecule has 9 nitrogen and oxygen atoms in total. The first-order valence-electron chi connectivity index (χ1n) is 12.2. The number of carbonyl (C=O) groups is 2. The van der Waals surface area contributed by atoms with Crippen molar-refractivity contribution in [3.63, 3.8) is 0 Å². The van der Waals surface area contributed by atoms with Crippen LogP contribution in [0.2, 0.25) is 0 Å². The van der Waals surface area contributed by atoms with Crippen LogP contribution in [0.25, 0.3) is 10.8 Å². The van der Waals surface area contributed by atoms with E-state index >= 15 is 0 Å². The third-order valence-electron chi connectivity index (χ3n) is 6.60. The van der Waals surface area contributed by atoms with Crippen molar-refractivity contribution >= 4 is 22.6 Å². The van der Waals surface area contributed by atoms with Gasteiger partial charge in [-0.25, -0.2) is 4.98 Å². The van der Waals surface area contributed by atoms with E-state index in [1.54, 1.807) is 7.11 Å². The third kappa shape index (κ3) is 5.85. The van der Waals surface area contributed by atoms with Crippen LogP contribution in [0.4, 0.5) is 0 Å². The molecular formula is C29H31N3O6. The number of rotatable bonds is 10. The number of nitrogens with one attached hydrogen (secondary N) is 1. The number of methoxy groups -OCH3 is 1. The Bertz CT molecular complexity index is 1410. The van der Waals surface area contributed by atoms with Crippen molar-refractivity contribution in [3.8, 4) is 5.75 Å². The number of benzene rings is 3. The minimum atomic E-state index is -1.97. The quantitative estimate of drug-likeness (QED) is 0.295. The molecule has 0 saturated carbocycles. The number of aliphatic hydroxyl groups excluding tert-OH is 2. The second kappa shape index (κ2) is 11.9. The number of hydrogen-bond acceptors (Lipinski definition) is 7. The smallest absolute Gasteiger partial charge is 0.254 e. The summed E-state index contributed by atoms with van der Waals surface area (Å²) in [5, 5.41) is 25.3. The number of para-hydroxylation sites is 1. The van der Waals surface area contributed by atoms with Crippen molar-refractivity contribution in [1.29, 1.82) is 0 Å². The number of likely N-dealkylation sites (N-methyl/N-ethyl adjacent to an activating group) is 1.